The van der Waals surface area contributed by atoms with Gasteiger partial charge in [0.1, 0.15) is 0 Å². The van der Waals surface area contributed by atoms with Crippen molar-refractivity contribution >= 4 is 23.2 Å². The maximum Gasteiger partial charge on any atom is 0.0637 e. The SMILES string of the molecule is CN(C)Cc1cccc(Cl)c1Cl. The van der Waals surface area contributed by atoms with Gasteiger partial charge in [-0.15, -0.1) is 0 Å². The van der Waals surface area contributed by atoms with Gasteiger partial charge >= 0.3 is 0 Å². The minimum Gasteiger partial charge on any atom is -0.305 e. The van der Waals surface area contributed by atoms with Crippen LogP contribution in [0.4, 0.5) is 0 Å². The van der Waals surface area contributed by atoms with Gasteiger partial charge in [0.25, 0.3) is 0 Å². The normalized spacial score (nSPS) is 10.8. The molecule has 1 aromatic carbocycles. The lowest BCUT2D eigenvalue weighted by Gasteiger charge is -2.11. The zero-order chi connectivity index (χ0) is 9.14. The molecular weight excluding hydrogens is 193 g/mol. The average Bonchev–Trinajstić information content (AvgIpc) is 1.98. The molecule has 1 rings (SSSR count). The molecule has 0 N–H and O–H groups in total. The van der Waals surface area contributed by atoms with E-state index >= 15 is 0 Å². The van der Waals surface area contributed by atoms with Gasteiger partial charge in [0.15, 0.2) is 0 Å². The first-order chi connectivity index (χ1) is 5.61. The molecule has 66 valence electrons. The van der Waals surface area contributed by atoms with Crippen LogP contribution in [0.15, 0.2) is 18.2 Å². The first kappa shape index (κ1) is 9.85. The monoisotopic (exact) mass is 203 g/mol. The van der Waals surface area contributed by atoms with Crippen molar-refractivity contribution in [1.82, 2.24) is 4.90 Å². The van der Waals surface area contributed by atoms with Crippen molar-refractivity contribution in [2.24, 2.45) is 0 Å². The molecule has 0 aliphatic heterocycles. The lowest BCUT2D eigenvalue weighted by molar-refractivity contribution is 0.402. The molecule has 0 aromatic heterocycles. The quantitative estimate of drug-likeness (QED) is 0.715. The van der Waals surface area contributed by atoms with E-state index in [0.29, 0.717) is 10.0 Å². The number of rotatable bonds is 2. The number of benzene rings is 1. The van der Waals surface area contributed by atoms with E-state index in [2.05, 4.69) is 4.90 Å². The Labute approximate surface area is 82.9 Å². The Bertz CT molecular complexity index is 271. The summed E-state index contributed by atoms with van der Waals surface area (Å²) < 4.78 is 0. The zero-order valence-corrected chi connectivity index (χ0v) is 8.65. The lowest BCUT2D eigenvalue weighted by atomic mass is 10.2. The van der Waals surface area contributed by atoms with E-state index in [-0.39, 0.29) is 0 Å². The fourth-order valence-electron chi connectivity index (χ4n) is 1.01. The smallest absolute Gasteiger partial charge is 0.0637 e. The van der Waals surface area contributed by atoms with Crippen molar-refractivity contribution in [2.45, 2.75) is 6.54 Å². The van der Waals surface area contributed by atoms with Crippen molar-refractivity contribution in [3.05, 3.63) is 33.8 Å². The molecular formula is C9H11Cl2N. The highest BCUT2D eigenvalue weighted by atomic mass is 35.5. The fraction of sp³-hybridized carbons (Fsp3) is 0.333. The van der Waals surface area contributed by atoms with Crippen molar-refractivity contribution in [2.75, 3.05) is 14.1 Å². The molecule has 1 nitrogen and oxygen atoms in total. The van der Waals surface area contributed by atoms with E-state index in [1.54, 1.807) is 6.07 Å². The van der Waals surface area contributed by atoms with Crippen LogP contribution >= 0.6 is 23.2 Å². The molecule has 0 amide bonds. The standard InChI is InChI=1S/C9H11Cl2N/c1-12(2)6-7-4-3-5-8(10)9(7)11/h3-5H,6H2,1-2H3. The molecule has 0 bridgehead atoms. The van der Waals surface area contributed by atoms with Crippen LogP contribution in [0.1, 0.15) is 5.56 Å². The molecule has 0 unspecified atom stereocenters. The van der Waals surface area contributed by atoms with Gasteiger partial charge < -0.3 is 4.90 Å². The molecule has 0 heterocycles. The van der Waals surface area contributed by atoms with Crippen LogP contribution < -0.4 is 0 Å². The Morgan fingerprint density at radius 1 is 1.25 bits per heavy atom. The third-order valence-corrected chi connectivity index (χ3v) is 2.38. The van der Waals surface area contributed by atoms with E-state index < -0.39 is 0 Å². The topological polar surface area (TPSA) is 3.24 Å². The van der Waals surface area contributed by atoms with Gasteiger partial charge in [0.05, 0.1) is 10.0 Å². The third kappa shape index (κ3) is 2.37. The Morgan fingerprint density at radius 3 is 2.50 bits per heavy atom. The van der Waals surface area contributed by atoms with E-state index in [1.165, 1.54) is 0 Å². The molecule has 0 aliphatic rings. The third-order valence-electron chi connectivity index (χ3n) is 1.52. The van der Waals surface area contributed by atoms with E-state index in [9.17, 15) is 0 Å². The summed E-state index contributed by atoms with van der Waals surface area (Å²) in [4.78, 5) is 2.05. The maximum absolute atomic E-state index is 5.98. The summed E-state index contributed by atoms with van der Waals surface area (Å²) in [6.07, 6.45) is 0. The lowest BCUT2D eigenvalue weighted by Crippen LogP contribution is -2.10. The number of hydrogen-bond acceptors (Lipinski definition) is 1. The van der Waals surface area contributed by atoms with Gasteiger partial charge in [0, 0.05) is 6.54 Å². The summed E-state index contributed by atoms with van der Waals surface area (Å²) in [6, 6.07) is 5.68. The first-order valence-electron chi connectivity index (χ1n) is 3.69. The molecule has 0 saturated carbocycles. The number of nitrogens with zero attached hydrogens (tertiary/aromatic N) is 1. The second kappa shape index (κ2) is 4.13. The van der Waals surface area contributed by atoms with Crippen molar-refractivity contribution in [3.8, 4) is 0 Å². The molecule has 0 spiro atoms. The van der Waals surface area contributed by atoms with Crippen LogP contribution in [-0.2, 0) is 6.54 Å². The predicted octanol–water partition coefficient (Wildman–Crippen LogP) is 3.06. The van der Waals surface area contributed by atoms with Crippen LogP contribution in [0.5, 0.6) is 0 Å². The van der Waals surface area contributed by atoms with E-state index in [1.807, 2.05) is 26.2 Å². The second-order valence-electron chi connectivity index (χ2n) is 2.95. The summed E-state index contributed by atoms with van der Waals surface area (Å²) in [6.45, 7) is 0.819. The highest BCUT2D eigenvalue weighted by molar-refractivity contribution is 6.42. The Morgan fingerprint density at radius 2 is 1.92 bits per heavy atom. The van der Waals surface area contributed by atoms with Gasteiger partial charge in [-0.05, 0) is 25.7 Å². The summed E-state index contributed by atoms with van der Waals surface area (Å²) in [5.74, 6) is 0. The highest BCUT2D eigenvalue weighted by Crippen LogP contribution is 2.25. The van der Waals surface area contributed by atoms with E-state index in [4.69, 9.17) is 23.2 Å². The highest BCUT2D eigenvalue weighted by Gasteiger charge is 2.03. The summed E-state index contributed by atoms with van der Waals surface area (Å²) >= 11 is 11.8. The summed E-state index contributed by atoms with van der Waals surface area (Å²) in [5, 5.41) is 1.28. The first-order valence-corrected chi connectivity index (χ1v) is 4.44. The molecule has 1 aromatic rings. The van der Waals surface area contributed by atoms with Gasteiger partial charge in [0.2, 0.25) is 0 Å². The van der Waals surface area contributed by atoms with Crippen molar-refractivity contribution < 1.29 is 0 Å². The van der Waals surface area contributed by atoms with Crippen LogP contribution in [0, 0.1) is 0 Å². The molecule has 0 atom stereocenters. The van der Waals surface area contributed by atoms with Gasteiger partial charge in [-0.3, -0.25) is 0 Å². The number of hydrogen-bond donors (Lipinski definition) is 0. The van der Waals surface area contributed by atoms with E-state index in [0.717, 1.165) is 12.1 Å². The van der Waals surface area contributed by atoms with Crippen molar-refractivity contribution in [1.29, 1.82) is 0 Å². The maximum atomic E-state index is 5.98. The van der Waals surface area contributed by atoms with Crippen LogP contribution in [-0.4, -0.2) is 19.0 Å². The van der Waals surface area contributed by atoms with Gasteiger partial charge in [-0.25, -0.2) is 0 Å². The molecule has 0 radical (unpaired) electrons. The second-order valence-corrected chi connectivity index (χ2v) is 3.74. The fourth-order valence-corrected chi connectivity index (χ4v) is 1.39. The van der Waals surface area contributed by atoms with Crippen LogP contribution in [0.25, 0.3) is 0 Å². The Hall–Kier alpha value is -0.240. The molecule has 12 heavy (non-hydrogen) atoms. The summed E-state index contributed by atoms with van der Waals surface area (Å²) in [7, 11) is 3.99. The summed E-state index contributed by atoms with van der Waals surface area (Å²) in [5.41, 5.74) is 1.06. The predicted molar refractivity (Wildman–Crippen MR) is 53.9 cm³/mol. The largest absolute Gasteiger partial charge is 0.305 e. The molecule has 0 saturated heterocycles. The molecule has 0 aliphatic carbocycles. The van der Waals surface area contributed by atoms with Gasteiger partial charge in [-0.2, -0.15) is 0 Å². The Balaban J connectivity index is 2.92. The zero-order valence-electron chi connectivity index (χ0n) is 7.14. The van der Waals surface area contributed by atoms with Gasteiger partial charge in [-0.1, -0.05) is 35.3 Å². The van der Waals surface area contributed by atoms with Crippen molar-refractivity contribution in [3.63, 3.8) is 0 Å². The minimum atomic E-state index is 0.621. The molecule has 3 heteroatoms. The van der Waals surface area contributed by atoms with Crippen LogP contribution in [0.2, 0.25) is 10.0 Å². The van der Waals surface area contributed by atoms with Crippen LogP contribution in [0.3, 0.4) is 0 Å². The Kier molecular flexibility index (Phi) is 3.39. The number of halogens is 2. The minimum absolute atomic E-state index is 0.621. The molecule has 0 fully saturated rings. The average molecular weight is 204 g/mol.